The summed E-state index contributed by atoms with van der Waals surface area (Å²) in [6.07, 6.45) is 5.75. The third-order valence-electron chi connectivity index (χ3n) is 2.54. The third kappa shape index (κ3) is 2.17. The molecule has 0 amide bonds. The second-order valence-corrected chi connectivity index (χ2v) is 4.25. The molecule has 2 rings (SSSR count). The van der Waals surface area contributed by atoms with Crippen molar-refractivity contribution >= 4 is 29.6 Å². The fraction of sp³-hybridized carbons (Fsp3) is 0.0714. The van der Waals surface area contributed by atoms with E-state index in [1.54, 1.807) is 0 Å². The van der Waals surface area contributed by atoms with Gasteiger partial charge in [0.2, 0.25) is 0 Å². The molecule has 80 valence electrons. The van der Waals surface area contributed by atoms with Crippen LogP contribution >= 0.6 is 12.6 Å². The Labute approximate surface area is 101 Å². The number of pyridine rings is 1. The van der Waals surface area contributed by atoms with Crippen molar-refractivity contribution in [3.05, 3.63) is 59.1 Å². The van der Waals surface area contributed by atoms with Crippen LogP contribution in [0.4, 0.5) is 0 Å². The van der Waals surface area contributed by atoms with Crippen molar-refractivity contribution in [1.29, 1.82) is 0 Å². The second kappa shape index (κ2) is 4.54. The summed E-state index contributed by atoms with van der Waals surface area (Å²) in [6, 6.07) is 8.14. The lowest BCUT2D eigenvalue weighted by molar-refractivity contribution is 1.35. The molecule has 1 nitrogen and oxygen atoms in total. The van der Waals surface area contributed by atoms with E-state index in [1.165, 1.54) is 10.9 Å². The zero-order valence-electron chi connectivity index (χ0n) is 9.14. The lowest BCUT2D eigenvalue weighted by atomic mass is 10.0. The summed E-state index contributed by atoms with van der Waals surface area (Å²) < 4.78 is 0. The number of para-hydroxylation sites is 1. The van der Waals surface area contributed by atoms with Crippen molar-refractivity contribution in [3.63, 3.8) is 0 Å². The first-order valence-electron chi connectivity index (χ1n) is 5.09. The Morgan fingerprint density at radius 2 is 2.12 bits per heavy atom. The Kier molecular flexibility index (Phi) is 3.11. The fourth-order valence-electron chi connectivity index (χ4n) is 1.65. The van der Waals surface area contributed by atoms with Crippen molar-refractivity contribution in [3.8, 4) is 0 Å². The number of aromatic nitrogens is 1. The molecule has 0 atom stereocenters. The molecule has 0 N–H and O–H groups in total. The van der Waals surface area contributed by atoms with Crippen LogP contribution in [0.2, 0.25) is 0 Å². The summed E-state index contributed by atoms with van der Waals surface area (Å²) >= 11 is 4.13. The zero-order chi connectivity index (χ0) is 11.5. The summed E-state index contributed by atoms with van der Waals surface area (Å²) in [7, 11) is 0. The molecule has 0 bridgehead atoms. The van der Waals surface area contributed by atoms with Gasteiger partial charge in [-0.3, -0.25) is 4.98 Å². The van der Waals surface area contributed by atoms with E-state index >= 15 is 0 Å². The van der Waals surface area contributed by atoms with Crippen LogP contribution in [0.3, 0.4) is 0 Å². The first-order chi connectivity index (χ1) is 7.68. The molecule has 0 spiro atoms. The molecule has 0 radical (unpaired) electrons. The number of nitrogens with zero attached hydrogens (tertiary/aromatic N) is 1. The average molecular weight is 227 g/mol. The van der Waals surface area contributed by atoms with Gasteiger partial charge in [-0.1, -0.05) is 30.9 Å². The zero-order valence-corrected chi connectivity index (χ0v) is 10.0. The van der Waals surface area contributed by atoms with Gasteiger partial charge in [-0.25, -0.2) is 0 Å². The first kappa shape index (κ1) is 11.0. The van der Waals surface area contributed by atoms with Crippen molar-refractivity contribution < 1.29 is 0 Å². The maximum Gasteiger partial charge on any atom is 0.0705 e. The Morgan fingerprint density at radius 1 is 1.38 bits per heavy atom. The molecule has 0 aliphatic carbocycles. The van der Waals surface area contributed by atoms with E-state index in [9.17, 15) is 0 Å². The largest absolute Gasteiger partial charge is 0.256 e. The van der Waals surface area contributed by atoms with Crippen molar-refractivity contribution in [2.24, 2.45) is 0 Å². The maximum atomic E-state index is 4.41. The maximum absolute atomic E-state index is 4.41. The molecule has 0 saturated carbocycles. The average Bonchev–Trinajstić information content (AvgIpc) is 2.28. The minimum Gasteiger partial charge on any atom is -0.256 e. The monoisotopic (exact) mass is 227 g/mol. The number of benzene rings is 1. The van der Waals surface area contributed by atoms with Crippen molar-refractivity contribution in [2.75, 3.05) is 0 Å². The van der Waals surface area contributed by atoms with E-state index in [2.05, 4.69) is 37.2 Å². The normalized spacial score (nSPS) is 11.1. The van der Waals surface area contributed by atoms with E-state index in [0.29, 0.717) is 0 Å². The summed E-state index contributed by atoms with van der Waals surface area (Å²) in [5.74, 6) is 0. The molecule has 0 saturated heterocycles. The fourth-order valence-corrected chi connectivity index (χ4v) is 1.72. The highest BCUT2D eigenvalue weighted by Gasteiger charge is 2.01. The van der Waals surface area contributed by atoms with Crippen LogP contribution in [-0.2, 0) is 0 Å². The van der Waals surface area contributed by atoms with Crippen LogP contribution in [0.1, 0.15) is 11.1 Å². The van der Waals surface area contributed by atoms with Crippen LogP contribution in [0.5, 0.6) is 0 Å². The number of thiol groups is 1. The standard InChI is InChI=1S/C14H13NS/c1-10(16)7-8-12-9-15-14-6-4-3-5-13(14)11(12)2/h3-9,16H,1H2,2H3/b8-7-. The molecule has 16 heavy (non-hydrogen) atoms. The minimum absolute atomic E-state index is 0.743. The number of hydrogen-bond acceptors (Lipinski definition) is 2. The number of allylic oxidation sites excluding steroid dienone is 1. The first-order valence-corrected chi connectivity index (χ1v) is 5.53. The molecule has 0 aliphatic rings. The highest BCUT2D eigenvalue weighted by atomic mass is 32.1. The molecule has 2 aromatic rings. The summed E-state index contributed by atoms with van der Waals surface area (Å²) in [6.45, 7) is 5.82. The van der Waals surface area contributed by atoms with Gasteiger partial charge in [0.25, 0.3) is 0 Å². The highest BCUT2D eigenvalue weighted by molar-refractivity contribution is 7.84. The van der Waals surface area contributed by atoms with Crippen LogP contribution in [-0.4, -0.2) is 4.98 Å². The van der Waals surface area contributed by atoms with Gasteiger partial charge in [-0.15, -0.1) is 12.6 Å². The predicted molar refractivity (Wildman–Crippen MR) is 73.6 cm³/mol. The Hall–Kier alpha value is -1.54. The van der Waals surface area contributed by atoms with Gasteiger partial charge in [0.1, 0.15) is 0 Å². The third-order valence-corrected chi connectivity index (χ3v) is 2.69. The van der Waals surface area contributed by atoms with E-state index in [-0.39, 0.29) is 0 Å². The Bertz CT molecular complexity index is 570. The van der Waals surface area contributed by atoms with Crippen molar-refractivity contribution in [2.45, 2.75) is 6.92 Å². The molecule has 0 aliphatic heterocycles. The SMILES string of the molecule is C=C(S)/C=C\c1cnc2ccccc2c1C. The minimum atomic E-state index is 0.743. The lowest BCUT2D eigenvalue weighted by Crippen LogP contribution is -1.87. The van der Waals surface area contributed by atoms with E-state index < -0.39 is 0 Å². The molecule has 0 fully saturated rings. The predicted octanol–water partition coefficient (Wildman–Crippen LogP) is 4.00. The number of hydrogen-bond donors (Lipinski definition) is 1. The summed E-state index contributed by atoms with van der Waals surface area (Å²) in [4.78, 5) is 5.16. The van der Waals surface area contributed by atoms with E-state index in [0.717, 1.165) is 16.0 Å². The number of fused-ring (bicyclic) bond motifs is 1. The van der Waals surface area contributed by atoms with Crippen LogP contribution in [0, 0.1) is 6.92 Å². The molecule has 0 unspecified atom stereocenters. The smallest absolute Gasteiger partial charge is 0.0705 e. The van der Waals surface area contributed by atoms with Crippen molar-refractivity contribution in [1.82, 2.24) is 4.98 Å². The highest BCUT2D eigenvalue weighted by Crippen LogP contribution is 2.20. The lowest BCUT2D eigenvalue weighted by Gasteiger charge is -2.04. The van der Waals surface area contributed by atoms with Crippen LogP contribution in [0.15, 0.2) is 48.0 Å². The molecule has 1 heterocycles. The molecule has 1 aromatic carbocycles. The second-order valence-electron chi connectivity index (χ2n) is 3.68. The van der Waals surface area contributed by atoms with Gasteiger partial charge in [0, 0.05) is 11.6 Å². The van der Waals surface area contributed by atoms with Crippen LogP contribution in [0.25, 0.3) is 17.0 Å². The molecular formula is C14H13NS. The van der Waals surface area contributed by atoms with Gasteiger partial charge in [0.15, 0.2) is 0 Å². The van der Waals surface area contributed by atoms with Gasteiger partial charge in [-0.05, 0) is 35.1 Å². The topological polar surface area (TPSA) is 12.9 Å². The molecular weight excluding hydrogens is 214 g/mol. The quantitative estimate of drug-likeness (QED) is 0.604. The van der Waals surface area contributed by atoms with Gasteiger partial charge in [0.05, 0.1) is 5.52 Å². The molecule has 2 heteroatoms. The van der Waals surface area contributed by atoms with Gasteiger partial charge in [-0.2, -0.15) is 0 Å². The van der Waals surface area contributed by atoms with E-state index in [4.69, 9.17) is 0 Å². The number of rotatable bonds is 2. The Morgan fingerprint density at radius 3 is 2.88 bits per heavy atom. The summed E-state index contributed by atoms with van der Waals surface area (Å²) in [5.41, 5.74) is 3.37. The van der Waals surface area contributed by atoms with Gasteiger partial charge < -0.3 is 0 Å². The Balaban J connectivity index is 2.56. The molecule has 1 aromatic heterocycles. The summed E-state index contributed by atoms with van der Waals surface area (Å²) in [5, 5.41) is 1.19. The number of aryl methyl sites for hydroxylation is 1. The van der Waals surface area contributed by atoms with Gasteiger partial charge >= 0.3 is 0 Å². The van der Waals surface area contributed by atoms with E-state index in [1.807, 2.05) is 36.5 Å². The van der Waals surface area contributed by atoms with Crippen LogP contribution < -0.4 is 0 Å².